The standard InChI is InChI=1S/C24H32N2O2/c1-4-17-28-23-11-9-22(10-12-23)24(27)26-15-13-25(14-16-26)18-20-5-7-21(8-6-20)19(2)3/h5-12,19H,4,13-18H2,1-3H3. The lowest BCUT2D eigenvalue weighted by atomic mass is 10.0. The molecule has 1 aliphatic rings. The summed E-state index contributed by atoms with van der Waals surface area (Å²) in [6.07, 6.45) is 0.979. The molecule has 0 N–H and O–H groups in total. The van der Waals surface area contributed by atoms with Crippen molar-refractivity contribution in [3.63, 3.8) is 0 Å². The lowest BCUT2D eigenvalue weighted by molar-refractivity contribution is 0.0628. The Morgan fingerprint density at radius 1 is 0.964 bits per heavy atom. The molecule has 0 radical (unpaired) electrons. The van der Waals surface area contributed by atoms with Gasteiger partial charge in [0, 0.05) is 38.3 Å². The summed E-state index contributed by atoms with van der Waals surface area (Å²) in [4.78, 5) is 17.1. The number of nitrogens with zero attached hydrogens (tertiary/aromatic N) is 2. The van der Waals surface area contributed by atoms with Gasteiger partial charge in [0.25, 0.3) is 5.91 Å². The number of hydrogen-bond acceptors (Lipinski definition) is 3. The van der Waals surface area contributed by atoms with Gasteiger partial charge in [0.05, 0.1) is 6.61 Å². The molecule has 0 unspecified atom stereocenters. The zero-order chi connectivity index (χ0) is 19.9. The molecular formula is C24H32N2O2. The first-order chi connectivity index (χ1) is 13.6. The molecule has 0 spiro atoms. The Hall–Kier alpha value is -2.33. The molecule has 0 aliphatic carbocycles. The van der Waals surface area contributed by atoms with Crippen molar-refractivity contribution in [2.45, 2.75) is 39.7 Å². The lowest BCUT2D eigenvalue weighted by Gasteiger charge is -2.34. The highest BCUT2D eigenvalue weighted by atomic mass is 16.5. The van der Waals surface area contributed by atoms with Crippen LogP contribution >= 0.6 is 0 Å². The normalized spacial score (nSPS) is 15.1. The van der Waals surface area contributed by atoms with Gasteiger partial charge < -0.3 is 9.64 Å². The van der Waals surface area contributed by atoms with E-state index in [1.54, 1.807) is 0 Å². The molecule has 1 heterocycles. The summed E-state index contributed by atoms with van der Waals surface area (Å²) in [6.45, 7) is 11.5. The van der Waals surface area contributed by atoms with Gasteiger partial charge >= 0.3 is 0 Å². The number of piperazine rings is 1. The molecule has 3 rings (SSSR count). The van der Waals surface area contributed by atoms with Crippen molar-refractivity contribution in [2.24, 2.45) is 0 Å². The molecule has 1 fully saturated rings. The summed E-state index contributed by atoms with van der Waals surface area (Å²) in [5, 5.41) is 0. The second-order valence-corrected chi connectivity index (χ2v) is 7.84. The van der Waals surface area contributed by atoms with E-state index in [1.807, 2.05) is 29.2 Å². The fourth-order valence-corrected chi connectivity index (χ4v) is 3.47. The van der Waals surface area contributed by atoms with Crippen LogP contribution in [0.4, 0.5) is 0 Å². The van der Waals surface area contributed by atoms with E-state index in [-0.39, 0.29) is 5.91 Å². The minimum Gasteiger partial charge on any atom is -0.494 e. The van der Waals surface area contributed by atoms with E-state index in [0.29, 0.717) is 12.5 Å². The van der Waals surface area contributed by atoms with E-state index in [9.17, 15) is 4.79 Å². The van der Waals surface area contributed by atoms with E-state index in [2.05, 4.69) is 49.9 Å². The molecule has 4 heteroatoms. The predicted octanol–water partition coefficient (Wildman–Crippen LogP) is 4.56. The highest BCUT2D eigenvalue weighted by Gasteiger charge is 2.22. The van der Waals surface area contributed by atoms with E-state index < -0.39 is 0 Å². The van der Waals surface area contributed by atoms with Crippen LogP contribution in [0.1, 0.15) is 54.6 Å². The molecule has 1 aliphatic heterocycles. The maximum absolute atomic E-state index is 12.8. The first-order valence-electron chi connectivity index (χ1n) is 10.4. The number of hydrogen-bond donors (Lipinski definition) is 0. The zero-order valence-corrected chi connectivity index (χ0v) is 17.4. The Morgan fingerprint density at radius 3 is 2.18 bits per heavy atom. The summed E-state index contributed by atoms with van der Waals surface area (Å²) in [5.74, 6) is 1.51. The van der Waals surface area contributed by atoms with Gasteiger partial charge in [-0.3, -0.25) is 9.69 Å². The lowest BCUT2D eigenvalue weighted by Crippen LogP contribution is -2.48. The number of ether oxygens (including phenoxy) is 1. The minimum atomic E-state index is 0.114. The molecule has 150 valence electrons. The van der Waals surface area contributed by atoms with Gasteiger partial charge in [-0.1, -0.05) is 45.0 Å². The molecule has 0 saturated carbocycles. The SMILES string of the molecule is CCCOc1ccc(C(=O)N2CCN(Cc3ccc(C(C)C)cc3)CC2)cc1. The third kappa shape index (κ3) is 5.35. The third-order valence-corrected chi connectivity index (χ3v) is 5.29. The highest BCUT2D eigenvalue weighted by Crippen LogP contribution is 2.18. The van der Waals surface area contributed by atoms with Gasteiger partial charge in [-0.25, -0.2) is 0 Å². The third-order valence-electron chi connectivity index (χ3n) is 5.29. The smallest absolute Gasteiger partial charge is 0.253 e. The van der Waals surface area contributed by atoms with Crippen molar-refractivity contribution in [3.05, 3.63) is 65.2 Å². The molecule has 1 amide bonds. The number of carbonyl (C=O) groups is 1. The van der Waals surface area contributed by atoms with Crippen LogP contribution in [0.15, 0.2) is 48.5 Å². The fourth-order valence-electron chi connectivity index (χ4n) is 3.47. The molecule has 2 aromatic rings. The van der Waals surface area contributed by atoms with Gasteiger partial charge in [-0.2, -0.15) is 0 Å². The number of carbonyl (C=O) groups excluding carboxylic acids is 1. The molecule has 0 atom stereocenters. The summed E-state index contributed by atoms with van der Waals surface area (Å²) in [5.41, 5.74) is 3.46. The maximum atomic E-state index is 12.8. The first kappa shape index (κ1) is 20.4. The number of rotatable bonds is 7. The Bertz CT molecular complexity index is 745. The molecule has 0 aromatic heterocycles. The van der Waals surface area contributed by atoms with Crippen LogP contribution in [0.5, 0.6) is 5.75 Å². The summed E-state index contributed by atoms with van der Waals surface area (Å²) in [7, 11) is 0. The van der Waals surface area contributed by atoms with Crippen LogP contribution < -0.4 is 4.74 Å². The molecule has 1 saturated heterocycles. The van der Waals surface area contributed by atoms with Gasteiger partial charge in [0.15, 0.2) is 0 Å². The van der Waals surface area contributed by atoms with Crippen LogP contribution in [0, 0.1) is 0 Å². The van der Waals surface area contributed by atoms with Crippen LogP contribution in [0.3, 0.4) is 0 Å². The molecule has 4 nitrogen and oxygen atoms in total. The number of amides is 1. The summed E-state index contributed by atoms with van der Waals surface area (Å²) in [6, 6.07) is 16.4. The van der Waals surface area contributed by atoms with E-state index in [4.69, 9.17) is 4.74 Å². The van der Waals surface area contributed by atoms with E-state index >= 15 is 0 Å². The average Bonchev–Trinajstić information content (AvgIpc) is 2.73. The maximum Gasteiger partial charge on any atom is 0.253 e. The molecule has 0 bridgehead atoms. The van der Waals surface area contributed by atoms with Crippen molar-refractivity contribution in [2.75, 3.05) is 32.8 Å². The Morgan fingerprint density at radius 2 is 1.61 bits per heavy atom. The minimum absolute atomic E-state index is 0.114. The van der Waals surface area contributed by atoms with E-state index in [0.717, 1.165) is 50.5 Å². The van der Waals surface area contributed by atoms with Gasteiger partial charge in [-0.15, -0.1) is 0 Å². The zero-order valence-electron chi connectivity index (χ0n) is 17.4. The Labute approximate surface area is 169 Å². The monoisotopic (exact) mass is 380 g/mol. The topological polar surface area (TPSA) is 32.8 Å². The van der Waals surface area contributed by atoms with Crippen molar-refractivity contribution in [1.82, 2.24) is 9.80 Å². The quantitative estimate of drug-likeness (QED) is 0.706. The van der Waals surface area contributed by atoms with Crippen molar-refractivity contribution >= 4 is 5.91 Å². The molecular weight excluding hydrogens is 348 g/mol. The van der Waals surface area contributed by atoms with Crippen LogP contribution in [0.2, 0.25) is 0 Å². The second kappa shape index (κ2) is 9.74. The fraction of sp³-hybridized carbons (Fsp3) is 0.458. The largest absolute Gasteiger partial charge is 0.494 e. The van der Waals surface area contributed by atoms with E-state index in [1.165, 1.54) is 11.1 Å². The van der Waals surface area contributed by atoms with Gasteiger partial charge in [0.1, 0.15) is 5.75 Å². The second-order valence-electron chi connectivity index (χ2n) is 7.84. The van der Waals surface area contributed by atoms with Gasteiger partial charge in [0.2, 0.25) is 0 Å². The van der Waals surface area contributed by atoms with Crippen molar-refractivity contribution in [3.8, 4) is 5.75 Å². The predicted molar refractivity (Wildman–Crippen MR) is 114 cm³/mol. The van der Waals surface area contributed by atoms with Crippen LogP contribution in [0.25, 0.3) is 0 Å². The van der Waals surface area contributed by atoms with Crippen LogP contribution in [-0.2, 0) is 6.54 Å². The summed E-state index contributed by atoms with van der Waals surface area (Å²) >= 11 is 0. The Kier molecular flexibility index (Phi) is 7.10. The molecule has 2 aromatic carbocycles. The highest BCUT2D eigenvalue weighted by molar-refractivity contribution is 5.94. The molecule has 28 heavy (non-hydrogen) atoms. The number of benzene rings is 2. The average molecular weight is 381 g/mol. The van der Waals surface area contributed by atoms with Gasteiger partial charge in [-0.05, 0) is 47.7 Å². The van der Waals surface area contributed by atoms with Crippen molar-refractivity contribution < 1.29 is 9.53 Å². The summed E-state index contributed by atoms with van der Waals surface area (Å²) < 4.78 is 5.59. The first-order valence-corrected chi connectivity index (χ1v) is 10.4. The Balaban J connectivity index is 1.49. The van der Waals surface area contributed by atoms with Crippen molar-refractivity contribution in [1.29, 1.82) is 0 Å². The van der Waals surface area contributed by atoms with Crippen LogP contribution in [-0.4, -0.2) is 48.5 Å².